The SMILES string of the molecule is COCCN(CCOC)C(=O)C1CCN(S(=O)(=O)c2ccc(F)c(F)c2)CC1. The molecule has 0 saturated carbocycles. The molecule has 28 heavy (non-hydrogen) atoms. The number of carbonyl (C=O) groups is 1. The monoisotopic (exact) mass is 420 g/mol. The van der Waals surface area contributed by atoms with Gasteiger partial charge in [0.05, 0.1) is 18.1 Å². The Kier molecular flexibility index (Phi) is 8.29. The molecule has 0 radical (unpaired) electrons. The number of carbonyl (C=O) groups excluding carboxylic acids is 1. The molecule has 1 heterocycles. The Morgan fingerprint density at radius 3 is 2.18 bits per heavy atom. The molecule has 1 fully saturated rings. The summed E-state index contributed by atoms with van der Waals surface area (Å²) in [6.45, 7) is 1.95. The van der Waals surface area contributed by atoms with E-state index < -0.39 is 21.7 Å². The third kappa shape index (κ3) is 5.47. The number of hydrogen-bond donors (Lipinski definition) is 0. The van der Waals surface area contributed by atoms with E-state index in [1.165, 1.54) is 4.31 Å². The van der Waals surface area contributed by atoms with E-state index in [1.54, 1.807) is 19.1 Å². The fraction of sp³-hybridized carbons (Fsp3) is 0.611. The van der Waals surface area contributed by atoms with Crippen LogP contribution in [0.5, 0.6) is 0 Å². The van der Waals surface area contributed by atoms with Crippen molar-refractivity contribution in [3.63, 3.8) is 0 Å². The van der Waals surface area contributed by atoms with Gasteiger partial charge in [-0.15, -0.1) is 0 Å². The van der Waals surface area contributed by atoms with Crippen LogP contribution in [-0.4, -0.2) is 77.1 Å². The van der Waals surface area contributed by atoms with Gasteiger partial charge in [-0.1, -0.05) is 0 Å². The van der Waals surface area contributed by atoms with E-state index in [0.717, 1.165) is 12.1 Å². The molecule has 1 amide bonds. The van der Waals surface area contributed by atoms with Crippen LogP contribution < -0.4 is 0 Å². The summed E-state index contributed by atoms with van der Waals surface area (Å²) in [7, 11) is -0.825. The Balaban J connectivity index is 2.01. The average molecular weight is 420 g/mol. The Morgan fingerprint density at radius 1 is 1.11 bits per heavy atom. The number of piperidine rings is 1. The second kappa shape index (κ2) is 10.2. The van der Waals surface area contributed by atoms with Crippen molar-refractivity contribution >= 4 is 15.9 Å². The molecule has 0 aliphatic carbocycles. The maximum Gasteiger partial charge on any atom is 0.243 e. The lowest BCUT2D eigenvalue weighted by Gasteiger charge is -2.33. The lowest BCUT2D eigenvalue weighted by atomic mass is 9.96. The molecule has 0 atom stereocenters. The van der Waals surface area contributed by atoms with E-state index in [-0.39, 0.29) is 29.8 Å². The standard InChI is InChI=1S/C18H26F2N2O5S/c1-26-11-9-21(10-12-27-2)18(23)14-5-7-22(8-6-14)28(24,25)15-3-4-16(19)17(20)13-15/h3-4,13-14H,5-12H2,1-2H3. The van der Waals surface area contributed by atoms with Crippen LogP contribution in [0.15, 0.2) is 23.1 Å². The molecule has 0 unspecified atom stereocenters. The van der Waals surface area contributed by atoms with Crippen molar-refractivity contribution in [2.45, 2.75) is 17.7 Å². The first-order valence-corrected chi connectivity index (χ1v) is 10.5. The smallest absolute Gasteiger partial charge is 0.243 e. The van der Waals surface area contributed by atoms with Crippen molar-refractivity contribution in [3.8, 4) is 0 Å². The molecule has 0 spiro atoms. The highest BCUT2D eigenvalue weighted by molar-refractivity contribution is 7.89. The Labute approximate surface area is 164 Å². The zero-order valence-corrected chi connectivity index (χ0v) is 16.9. The Hall–Kier alpha value is -1.62. The van der Waals surface area contributed by atoms with Crippen molar-refractivity contribution in [1.82, 2.24) is 9.21 Å². The highest BCUT2D eigenvalue weighted by atomic mass is 32.2. The van der Waals surface area contributed by atoms with Crippen molar-refractivity contribution in [1.29, 1.82) is 0 Å². The summed E-state index contributed by atoms with van der Waals surface area (Å²) in [5.41, 5.74) is 0. The molecule has 1 aromatic rings. The molecule has 7 nitrogen and oxygen atoms in total. The van der Waals surface area contributed by atoms with Crippen LogP contribution in [-0.2, 0) is 24.3 Å². The lowest BCUT2D eigenvalue weighted by molar-refractivity contribution is -0.138. The number of halogens is 2. The van der Waals surface area contributed by atoms with Crippen LogP contribution in [0.2, 0.25) is 0 Å². The van der Waals surface area contributed by atoms with Gasteiger partial charge in [-0.25, -0.2) is 17.2 Å². The van der Waals surface area contributed by atoms with Crippen molar-refractivity contribution in [2.75, 3.05) is 53.6 Å². The van der Waals surface area contributed by atoms with Gasteiger partial charge in [-0.05, 0) is 31.0 Å². The van der Waals surface area contributed by atoms with Crippen LogP contribution in [0.25, 0.3) is 0 Å². The van der Waals surface area contributed by atoms with Gasteiger partial charge in [-0.2, -0.15) is 4.31 Å². The molecule has 1 saturated heterocycles. The summed E-state index contributed by atoms with van der Waals surface area (Å²) in [4.78, 5) is 14.1. The van der Waals surface area contributed by atoms with Gasteiger partial charge in [-0.3, -0.25) is 4.79 Å². The van der Waals surface area contributed by atoms with Gasteiger partial charge in [0.2, 0.25) is 15.9 Å². The zero-order valence-electron chi connectivity index (χ0n) is 16.1. The number of ether oxygens (including phenoxy) is 2. The number of rotatable bonds is 9. The summed E-state index contributed by atoms with van der Waals surface area (Å²) in [6, 6.07) is 2.52. The number of hydrogen-bond acceptors (Lipinski definition) is 5. The van der Waals surface area contributed by atoms with Crippen LogP contribution in [0.1, 0.15) is 12.8 Å². The number of sulfonamides is 1. The summed E-state index contributed by atoms with van der Waals surface area (Å²) in [6.07, 6.45) is 0.719. The van der Waals surface area contributed by atoms with Gasteiger partial charge >= 0.3 is 0 Å². The normalized spacial score (nSPS) is 16.3. The number of methoxy groups -OCH3 is 2. The van der Waals surface area contributed by atoms with Crippen molar-refractivity contribution in [3.05, 3.63) is 29.8 Å². The molecule has 0 aromatic heterocycles. The molecular formula is C18H26F2N2O5S. The first-order chi connectivity index (χ1) is 13.3. The van der Waals surface area contributed by atoms with Crippen LogP contribution >= 0.6 is 0 Å². The van der Waals surface area contributed by atoms with Gasteiger partial charge in [0.1, 0.15) is 0 Å². The first kappa shape index (κ1) is 22.7. The molecule has 1 aromatic carbocycles. The average Bonchev–Trinajstić information content (AvgIpc) is 2.69. The fourth-order valence-corrected chi connectivity index (χ4v) is 4.60. The van der Waals surface area contributed by atoms with Gasteiger partial charge < -0.3 is 14.4 Å². The summed E-state index contributed by atoms with van der Waals surface area (Å²) in [5, 5.41) is 0. The second-order valence-corrected chi connectivity index (χ2v) is 8.50. The molecule has 1 aliphatic heterocycles. The molecule has 158 valence electrons. The van der Waals surface area contributed by atoms with E-state index in [9.17, 15) is 22.0 Å². The van der Waals surface area contributed by atoms with E-state index >= 15 is 0 Å². The quantitative estimate of drug-likeness (QED) is 0.605. The zero-order chi connectivity index (χ0) is 20.7. The van der Waals surface area contributed by atoms with E-state index in [1.807, 2.05) is 0 Å². The minimum absolute atomic E-state index is 0.0565. The number of amides is 1. The van der Waals surface area contributed by atoms with Crippen molar-refractivity contribution < 1.29 is 31.5 Å². The molecule has 0 N–H and O–H groups in total. The van der Waals surface area contributed by atoms with Crippen LogP contribution in [0.4, 0.5) is 8.78 Å². The predicted octanol–water partition coefficient (Wildman–Crippen LogP) is 1.49. The first-order valence-electron chi connectivity index (χ1n) is 9.03. The van der Waals surface area contributed by atoms with Crippen molar-refractivity contribution in [2.24, 2.45) is 5.92 Å². The number of nitrogens with zero attached hydrogens (tertiary/aromatic N) is 2. The van der Waals surface area contributed by atoms with Gasteiger partial charge in [0, 0.05) is 46.3 Å². The Morgan fingerprint density at radius 2 is 1.68 bits per heavy atom. The largest absolute Gasteiger partial charge is 0.383 e. The third-order valence-electron chi connectivity index (χ3n) is 4.77. The van der Waals surface area contributed by atoms with Crippen LogP contribution in [0.3, 0.4) is 0 Å². The summed E-state index contributed by atoms with van der Waals surface area (Å²) < 4.78 is 63.1. The lowest BCUT2D eigenvalue weighted by Crippen LogP contribution is -2.46. The highest BCUT2D eigenvalue weighted by Crippen LogP contribution is 2.26. The molecule has 10 heteroatoms. The molecule has 1 aliphatic rings. The molecule has 2 rings (SSSR count). The predicted molar refractivity (Wildman–Crippen MR) is 98.2 cm³/mol. The maximum atomic E-state index is 13.4. The van der Waals surface area contributed by atoms with Gasteiger partial charge in [0.15, 0.2) is 11.6 Å². The van der Waals surface area contributed by atoms with Gasteiger partial charge in [0.25, 0.3) is 0 Å². The minimum atomic E-state index is -3.94. The minimum Gasteiger partial charge on any atom is -0.383 e. The van der Waals surface area contributed by atoms with E-state index in [2.05, 4.69) is 0 Å². The molecule has 0 bridgehead atoms. The molecular weight excluding hydrogens is 394 g/mol. The summed E-state index contributed by atoms with van der Waals surface area (Å²) in [5.74, 6) is -2.67. The number of benzene rings is 1. The third-order valence-corrected chi connectivity index (χ3v) is 6.67. The Bertz CT molecular complexity index is 759. The topological polar surface area (TPSA) is 76.2 Å². The second-order valence-electron chi connectivity index (χ2n) is 6.57. The van der Waals surface area contributed by atoms with Crippen LogP contribution in [0, 0.1) is 17.6 Å². The fourth-order valence-electron chi connectivity index (χ4n) is 3.12. The van der Waals surface area contributed by atoms with E-state index in [0.29, 0.717) is 45.2 Å². The maximum absolute atomic E-state index is 13.4. The highest BCUT2D eigenvalue weighted by Gasteiger charge is 2.34. The van der Waals surface area contributed by atoms with E-state index in [4.69, 9.17) is 9.47 Å². The summed E-state index contributed by atoms with van der Waals surface area (Å²) >= 11 is 0.